The first kappa shape index (κ1) is 12.6. The molecule has 17 heavy (non-hydrogen) atoms. The second kappa shape index (κ2) is 5.65. The van der Waals surface area contributed by atoms with Crippen LogP contribution in [0.25, 0.3) is 0 Å². The van der Waals surface area contributed by atoms with E-state index in [0.29, 0.717) is 12.1 Å². The molecule has 0 radical (unpaired) electrons. The van der Waals surface area contributed by atoms with Crippen molar-refractivity contribution in [2.45, 2.75) is 45.7 Å². The molecule has 2 rings (SSSR count). The fourth-order valence-electron chi connectivity index (χ4n) is 2.41. The molecule has 1 N–H and O–H groups in total. The third kappa shape index (κ3) is 2.69. The van der Waals surface area contributed by atoms with Crippen molar-refractivity contribution < 1.29 is 4.74 Å². The minimum absolute atomic E-state index is 0.386. The predicted molar refractivity (Wildman–Crippen MR) is 68.3 cm³/mol. The number of rotatable bonds is 4. The van der Waals surface area contributed by atoms with Gasteiger partial charge in [0.05, 0.1) is 24.7 Å². The molecule has 0 bridgehead atoms. The van der Waals surface area contributed by atoms with Gasteiger partial charge < -0.3 is 14.6 Å². The molecule has 1 aromatic heterocycles. The molecule has 2 atom stereocenters. The number of hydrogen-bond donors (Lipinski definition) is 1. The summed E-state index contributed by atoms with van der Waals surface area (Å²) in [4.78, 5) is 4.39. The van der Waals surface area contributed by atoms with E-state index in [1.165, 1.54) is 12.1 Å². The Balaban J connectivity index is 2.13. The molecule has 1 fully saturated rings. The van der Waals surface area contributed by atoms with E-state index in [1.54, 1.807) is 0 Å². The Labute approximate surface area is 103 Å². The second-order valence-corrected chi connectivity index (χ2v) is 4.81. The van der Waals surface area contributed by atoms with Crippen molar-refractivity contribution in [2.75, 3.05) is 19.8 Å². The lowest BCUT2D eigenvalue weighted by atomic mass is 10.0. The summed E-state index contributed by atoms with van der Waals surface area (Å²) in [6, 6.07) is 0.896. The highest BCUT2D eigenvalue weighted by atomic mass is 16.5. The standard InChI is InChI=1S/C13H23N3O/c1-4-6-14-12-5-7-17-8-13(12)16-9-15-10(2)11(16)3/h9,12-14H,4-8H2,1-3H3. The van der Waals surface area contributed by atoms with E-state index in [1.807, 2.05) is 6.33 Å². The van der Waals surface area contributed by atoms with Crippen LogP contribution in [-0.4, -0.2) is 35.4 Å². The molecule has 0 aliphatic carbocycles. The molecule has 2 heterocycles. The van der Waals surface area contributed by atoms with Gasteiger partial charge in [0.25, 0.3) is 0 Å². The topological polar surface area (TPSA) is 39.1 Å². The summed E-state index contributed by atoms with van der Waals surface area (Å²) >= 11 is 0. The zero-order valence-corrected chi connectivity index (χ0v) is 11.1. The van der Waals surface area contributed by atoms with Crippen molar-refractivity contribution >= 4 is 0 Å². The van der Waals surface area contributed by atoms with Gasteiger partial charge in [-0.3, -0.25) is 0 Å². The molecular weight excluding hydrogens is 214 g/mol. The van der Waals surface area contributed by atoms with Crippen molar-refractivity contribution in [3.63, 3.8) is 0 Å². The van der Waals surface area contributed by atoms with E-state index < -0.39 is 0 Å². The second-order valence-electron chi connectivity index (χ2n) is 4.81. The summed E-state index contributed by atoms with van der Waals surface area (Å²) in [5.74, 6) is 0. The van der Waals surface area contributed by atoms with Crippen molar-refractivity contribution in [3.8, 4) is 0 Å². The van der Waals surface area contributed by atoms with Crippen LogP contribution in [0.4, 0.5) is 0 Å². The molecule has 0 saturated carbocycles. The number of aryl methyl sites for hydroxylation is 1. The number of hydrogen-bond acceptors (Lipinski definition) is 3. The first-order chi connectivity index (χ1) is 8.24. The van der Waals surface area contributed by atoms with Crippen LogP contribution in [-0.2, 0) is 4.74 Å². The van der Waals surface area contributed by atoms with Crippen molar-refractivity contribution in [1.29, 1.82) is 0 Å². The monoisotopic (exact) mass is 237 g/mol. The van der Waals surface area contributed by atoms with Gasteiger partial charge in [0.1, 0.15) is 0 Å². The third-order valence-corrected chi connectivity index (χ3v) is 3.63. The number of imidazole rings is 1. The first-order valence-corrected chi connectivity index (χ1v) is 6.55. The van der Waals surface area contributed by atoms with E-state index in [-0.39, 0.29) is 0 Å². The fraction of sp³-hybridized carbons (Fsp3) is 0.769. The fourth-order valence-corrected chi connectivity index (χ4v) is 2.41. The van der Waals surface area contributed by atoms with Gasteiger partial charge in [0.15, 0.2) is 0 Å². The zero-order valence-electron chi connectivity index (χ0n) is 11.1. The Hall–Kier alpha value is -0.870. The molecule has 0 amide bonds. The summed E-state index contributed by atoms with van der Waals surface area (Å²) in [6.45, 7) is 9.13. The lowest BCUT2D eigenvalue weighted by Crippen LogP contribution is -2.44. The van der Waals surface area contributed by atoms with Crippen LogP contribution in [0.15, 0.2) is 6.33 Å². The summed E-state index contributed by atoms with van der Waals surface area (Å²) in [5, 5.41) is 3.63. The summed E-state index contributed by atoms with van der Waals surface area (Å²) in [5.41, 5.74) is 2.37. The molecule has 1 aliphatic heterocycles. The average molecular weight is 237 g/mol. The van der Waals surface area contributed by atoms with Gasteiger partial charge >= 0.3 is 0 Å². The summed E-state index contributed by atoms with van der Waals surface area (Å²) in [6.07, 6.45) is 4.21. The highest BCUT2D eigenvalue weighted by Gasteiger charge is 2.27. The van der Waals surface area contributed by atoms with Crippen LogP contribution in [0.2, 0.25) is 0 Å². The van der Waals surface area contributed by atoms with E-state index in [4.69, 9.17) is 4.74 Å². The predicted octanol–water partition coefficient (Wildman–Crippen LogP) is 1.83. The van der Waals surface area contributed by atoms with Gasteiger partial charge in [-0.05, 0) is 33.2 Å². The number of aromatic nitrogens is 2. The van der Waals surface area contributed by atoms with Crippen LogP contribution in [0.5, 0.6) is 0 Å². The molecule has 0 aromatic carbocycles. The normalized spacial score (nSPS) is 25.1. The zero-order chi connectivity index (χ0) is 12.3. The molecule has 1 saturated heterocycles. The number of nitrogens with zero attached hydrogens (tertiary/aromatic N) is 2. The lowest BCUT2D eigenvalue weighted by Gasteiger charge is -2.34. The van der Waals surface area contributed by atoms with Crippen LogP contribution in [0.1, 0.15) is 37.2 Å². The van der Waals surface area contributed by atoms with Gasteiger partial charge in [0.2, 0.25) is 0 Å². The maximum absolute atomic E-state index is 5.62. The summed E-state index contributed by atoms with van der Waals surface area (Å²) < 4.78 is 7.89. The highest BCUT2D eigenvalue weighted by Crippen LogP contribution is 2.22. The minimum atomic E-state index is 0.386. The van der Waals surface area contributed by atoms with Crippen LogP contribution < -0.4 is 5.32 Å². The van der Waals surface area contributed by atoms with Crippen LogP contribution in [0, 0.1) is 13.8 Å². The van der Waals surface area contributed by atoms with Gasteiger partial charge in [-0.1, -0.05) is 6.92 Å². The van der Waals surface area contributed by atoms with Gasteiger partial charge in [-0.15, -0.1) is 0 Å². The maximum atomic E-state index is 5.62. The molecule has 1 aromatic rings. The average Bonchev–Trinajstić information content (AvgIpc) is 2.68. The van der Waals surface area contributed by atoms with E-state index in [9.17, 15) is 0 Å². The Morgan fingerprint density at radius 1 is 1.53 bits per heavy atom. The molecular formula is C13H23N3O. The summed E-state index contributed by atoms with van der Waals surface area (Å²) in [7, 11) is 0. The first-order valence-electron chi connectivity index (χ1n) is 6.55. The quantitative estimate of drug-likeness (QED) is 0.868. The molecule has 0 spiro atoms. The Morgan fingerprint density at radius 3 is 3.00 bits per heavy atom. The minimum Gasteiger partial charge on any atom is -0.379 e. The molecule has 1 aliphatic rings. The SMILES string of the molecule is CCCNC1CCOCC1n1cnc(C)c1C. The van der Waals surface area contributed by atoms with Gasteiger partial charge in [-0.2, -0.15) is 0 Å². The maximum Gasteiger partial charge on any atom is 0.0955 e. The molecule has 96 valence electrons. The largest absolute Gasteiger partial charge is 0.379 e. The Morgan fingerprint density at radius 2 is 2.35 bits per heavy atom. The smallest absolute Gasteiger partial charge is 0.0955 e. The van der Waals surface area contributed by atoms with Crippen LogP contribution in [0.3, 0.4) is 0 Å². The van der Waals surface area contributed by atoms with E-state index >= 15 is 0 Å². The van der Waals surface area contributed by atoms with Crippen molar-refractivity contribution in [1.82, 2.24) is 14.9 Å². The molecule has 4 nitrogen and oxygen atoms in total. The van der Waals surface area contributed by atoms with E-state index in [0.717, 1.165) is 31.9 Å². The van der Waals surface area contributed by atoms with Gasteiger partial charge in [-0.25, -0.2) is 4.98 Å². The van der Waals surface area contributed by atoms with Gasteiger partial charge in [0, 0.05) is 18.3 Å². The van der Waals surface area contributed by atoms with Crippen LogP contribution >= 0.6 is 0 Å². The third-order valence-electron chi connectivity index (χ3n) is 3.63. The molecule has 2 unspecified atom stereocenters. The lowest BCUT2D eigenvalue weighted by molar-refractivity contribution is 0.0364. The number of nitrogens with one attached hydrogen (secondary N) is 1. The van der Waals surface area contributed by atoms with Crippen molar-refractivity contribution in [2.24, 2.45) is 0 Å². The van der Waals surface area contributed by atoms with Crippen molar-refractivity contribution in [3.05, 3.63) is 17.7 Å². The Bertz CT molecular complexity index is 362. The van der Waals surface area contributed by atoms with E-state index in [2.05, 4.69) is 35.6 Å². The molecule has 4 heteroatoms. The highest BCUT2D eigenvalue weighted by molar-refractivity contribution is 5.11. The number of ether oxygens (including phenoxy) is 1. The Kier molecular flexibility index (Phi) is 4.18.